The Kier molecular flexibility index (Phi) is 6.16. The zero-order chi connectivity index (χ0) is 13.5. The molecule has 0 saturated heterocycles. The number of benzene rings is 1. The molecule has 1 aromatic carbocycles. The zero-order valence-corrected chi connectivity index (χ0v) is 12.0. The molecule has 0 amide bonds. The van der Waals surface area contributed by atoms with Crippen molar-refractivity contribution in [3.05, 3.63) is 29.8 Å². The maximum Gasteiger partial charge on any atom is 0.119 e. The van der Waals surface area contributed by atoms with Crippen molar-refractivity contribution < 1.29 is 4.74 Å². The van der Waals surface area contributed by atoms with E-state index in [-0.39, 0.29) is 6.04 Å². The fourth-order valence-corrected chi connectivity index (χ4v) is 2.12. The van der Waals surface area contributed by atoms with Gasteiger partial charge in [-0.25, -0.2) is 0 Å². The largest absolute Gasteiger partial charge is 0.494 e. The van der Waals surface area contributed by atoms with Gasteiger partial charge in [0.1, 0.15) is 5.75 Å². The molecule has 0 aliphatic rings. The van der Waals surface area contributed by atoms with Gasteiger partial charge in [-0.15, -0.1) is 0 Å². The quantitative estimate of drug-likeness (QED) is 0.808. The summed E-state index contributed by atoms with van der Waals surface area (Å²) >= 11 is 0. The molecule has 0 aromatic heterocycles. The van der Waals surface area contributed by atoms with Crippen LogP contribution in [-0.2, 0) is 0 Å². The SMILES string of the molecule is CCOc1ccc(C(N)CN(C)CC(C)C)cc1. The molecule has 0 aliphatic heterocycles. The summed E-state index contributed by atoms with van der Waals surface area (Å²) in [4.78, 5) is 2.28. The van der Waals surface area contributed by atoms with E-state index in [0.29, 0.717) is 12.5 Å². The molecule has 102 valence electrons. The van der Waals surface area contributed by atoms with Crippen molar-refractivity contribution in [1.29, 1.82) is 0 Å². The fraction of sp³-hybridized carbons (Fsp3) is 0.600. The maximum atomic E-state index is 6.21. The van der Waals surface area contributed by atoms with Gasteiger partial charge >= 0.3 is 0 Å². The lowest BCUT2D eigenvalue weighted by Crippen LogP contribution is -2.31. The summed E-state index contributed by atoms with van der Waals surface area (Å²) in [6.45, 7) is 9.08. The molecule has 0 aliphatic carbocycles. The number of nitrogens with zero attached hydrogens (tertiary/aromatic N) is 1. The van der Waals surface area contributed by atoms with Crippen molar-refractivity contribution in [2.45, 2.75) is 26.8 Å². The third-order valence-corrected chi connectivity index (χ3v) is 2.80. The second kappa shape index (κ2) is 7.39. The molecule has 0 fully saturated rings. The van der Waals surface area contributed by atoms with Crippen LogP contribution in [0.5, 0.6) is 5.75 Å². The molecule has 0 saturated carbocycles. The van der Waals surface area contributed by atoms with Crippen LogP contribution >= 0.6 is 0 Å². The predicted molar refractivity (Wildman–Crippen MR) is 76.9 cm³/mol. The lowest BCUT2D eigenvalue weighted by atomic mass is 10.1. The van der Waals surface area contributed by atoms with Gasteiger partial charge in [0.25, 0.3) is 0 Å². The van der Waals surface area contributed by atoms with Crippen molar-refractivity contribution in [3.63, 3.8) is 0 Å². The van der Waals surface area contributed by atoms with Gasteiger partial charge in [-0.1, -0.05) is 26.0 Å². The molecule has 2 N–H and O–H groups in total. The van der Waals surface area contributed by atoms with Crippen LogP contribution < -0.4 is 10.5 Å². The van der Waals surface area contributed by atoms with Crippen molar-refractivity contribution >= 4 is 0 Å². The predicted octanol–water partition coefficient (Wildman–Crippen LogP) is 2.67. The van der Waals surface area contributed by atoms with Gasteiger partial charge < -0.3 is 15.4 Å². The number of ether oxygens (including phenoxy) is 1. The van der Waals surface area contributed by atoms with Crippen LogP contribution in [0.25, 0.3) is 0 Å². The zero-order valence-electron chi connectivity index (χ0n) is 12.0. The summed E-state index contributed by atoms with van der Waals surface area (Å²) in [6, 6.07) is 8.14. The van der Waals surface area contributed by atoms with E-state index in [0.717, 1.165) is 24.4 Å². The molecule has 1 aromatic rings. The summed E-state index contributed by atoms with van der Waals surface area (Å²) in [6.07, 6.45) is 0. The highest BCUT2D eigenvalue weighted by molar-refractivity contribution is 5.29. The molecule has 0 bridgehead atoms. The Balaban J connectivity index is 2.52. The van der Waals surface area contributed by atoms with Crippen LogP contribution in [0.15, 0.2) is 24.3 Å². The van der Waals surface area contributed by atoms with Gasteiger partial charge in [0.2, 0.25) is 0 Å². The lowest BCUT2D eigenvalue weighted by Gasteiger charge is -2.23. The maximum absolute atomic E-state index is 6.21. The first kappa shape index (κ1) is 15.0. The Labute approximate surface area is 111 Å². The van der Waals surface area contributed by atoms with Crippen LogP contribution in [0.3, 0.4) is 0 Å². The van der Waals surface area contributed by atoms with Crippen LogP contribution in [0.1, 0.15) is 32.4 Å². The van der Waals surface area contributed by atoms with E-state index in [2.05, 4.69) is 37.9 Å². The minimum atomic E-state index is 0.0597. The molecular weight excluding hydrogens is 224 g/mol. The van der Waals surface area contributed by atoms with E-state index in [4.69, 9.17) is 10.5 Å². The first-order valence-electron chi connectivity index (χ1n) is 6.69. The highest BCUT2D eigenvalue weighted by Crippen LogP contribution is 2.17. The van der Waals surface area contributed by atoms with Crippen molar-refractivity contribution in [3.8, 4) is 5.75 Å². The van der Waals surface area contributed by atoms with Crippen LogP contribution in [0.2, 0.25) is 0 Å². The molecule has 1 unspecified atom stereocenters. The average molecular weight is 250 g/mol. The van der Waals surface area contributed by atoms with Crippen LogP contribution in [-0.4, -0.2) is 31.6 Å². The van der Waals surface area contributed by atoms with Gasteiger partial charge in [-0.05, 0) is 37.6 Å². The number of hydrogen-bond acceptors (Lipinski definition) is 3. The third-order valence-electron chi connectivity index (χ3n) is 2.80. The molecular formula is C15H26N2O. The summed E-state index contributed by atoms with van der Waals surface area (Å²) in [5.41, 5.74) is 7.37. The topological polar surface area (TPSA) is 38.5 Å². The second-order valence-electron chi connectivity index (χ2n) is 5.22. The minimum absolute atomic E-state index is 0.0597. The smallest absolute Gasteiger partial charge is 0.119 e. The Bertz CT molecular complexity index is 335. The Morgan fingerprint density at radius 2 is 1.78 bits per heavy atom. The van der Waals surface area contributed by atoms with Crippen LogP contribution in [0.4, 0.5) is 0 Å². The van der Waals surface area contributed by atoms with E-state index in [1.54, 1.807) is 0 Å². The lowest BCUT2D eigenvalue weighted by molar-refractivity contribution is 0.279. The molecule has 0 radical (unpaired) electrons. The highest BCUT2D eigenvalue weighted by atomic mass is 16.5. The van der Waals surface area contributed by atoms with Gasteiger partial charge in [-0.2, -0.15) is 0 Å². The van der Waals surface area contributed by atoms with Gasteiger partial charge in [0.05, 0.1) is 6.61 Å². The van der Waals surface area contributed by atoms with E-state index in [9.17, 15) is 0 Å². The molecule has 0 heterocycles. The highest BCUT2D eigenvalue weighted by Gasteiger charge is 2.10. The normalized spacial score (nSPS) is 13.1. The van der Waals surface area contributed by atoms with Gasteiger partial charge in [0.15, 0.2) is 0 Å². The fourth-order valence-electron chi connectivity index (χ4n) is 2.12. The van der Waals surface area contributed by atoms with Crippen molar-refractivity contribution in [1.82, 2.24) is 4.90 Å². The molecule has 0 spiro atoms. The van der Waals surface area contributed by atoms with Crippen LogP contribution in [0, 0.1) is 5.92 Å². The summed E-state index contributed by atoms with van der Waals surface area (Å²) in [7, 11) is 2.12. The summed E-state index contributed by atoms with van der Waals surface area (Å²) in [5, 5.41) is 0. The van der Waals surface area contributed by atoms with E-state index >= 15 is 0 Å². The number of likely N-dealkylation sites (N-methyl/N-ethyl adjacent to an activating group) is 1. The molecule has 3 heteroatoms. The summed E-state index contributed by atoms with van der Waals surface area (Å²) < 4.78 is 5.42. The van der Waals surface area contributed by atoms with Crippen molar-refractivity contribution in [2.24, 2.45) is 11.7 Å². The summed E-state index contributed by atoms with van der Waals surface area (Å²) in [5.74, 6) is 1.58. The second-order valence-corrected chi connectivity index (χ2v) is 5.22. The average Bonchev–Trinajstić information content (AvgIpc) is 2.29. The van der Waals surface area contributed by atoms with Gasteiger partial charge in [-0.3, -0.25) is 0 Å². The Morgan fingerprint density at radius 3 is 2.28 bits per heavy atom. The molecule has 18 heavy (non-hydrogen) atoms. The van der Waals surface area contributed by atoms with E-state index in [1.807, 2.05) is 19.1 Å². The number of rotatable bonds is 7. The molecule has 1 rings (SSSR count). The first-order valence-corrected chi connectivity index (χ1v) is 6.69. The number of nitrogens with two attached hydrogens (primary N) is 1. The van der Waals surface area contributed by atoms with E-state index < -0.39 is 0 Å². The first-order chi connectivity index (χ1) is 8.52. The Morgan fingerprint density at radius 1 is 1.17 bits per heavy atom. The van der Waals surface area contributed by atoms with Crippen molar-refractivity contribution in [2.75, 3.05) is 26.7 Å². The Hall–Kier alpha value is -1.06. The van der Waals surface area contributed by atoms with Gasteiger partial charge in [0, 0.05) is 19.1 Å². The number of hydrogen-bond donors (Lipinski definition) is 1. The monoisotopic (exact) mass is 250 g/mol. The minimum Gasteiger partial charge on any atom is -0.494 e. The molecule has 1 atom stereocenters. The molecule has 3 nitrogen and oxygen atoms in total. The third kappa shape index (κ3) is 5.07. The standard InChI is InChI=1S/C15H26N2O/c1-5-18-14-8-6-13(7-9-14)15(16)11-17(4)10-12(2)3/h6-9,12,15H,5,10-11,16H2,1-4H3. The van der Waals surface area contributed by atoms with E-state index in [1.165, 1.54) is 0 Å².